The van der Waals surface area contributed by atoms with E-state index in [9.17, 15) is 4.79 Å². The van der Waals surface area contributed by atoms with Gasteiger partial charge in [0.05, 0.1) is 0 Å². The molecule has 0 saturated heterocycles. The summed E-state index contributed by atoms with van der Waals surface area (Å²) in [4.78, 5) is 10.4. The van der Waals surface area contributed by atoms with Gasteiger partial charge < -0.3 is 5.11 Å². The Hall–Kier alpha value is -1.39. The van der Waals surface area contributed by atoms with E-state index in [0.717, 1.165) is 5.56 Å². The predicted octanol–water partition coefficient (Wildman–Crippen LogP) is 0.754. The van der Waals surface area contributed by atoms with Gasteiger partial charge in [-0.1, -0.05) is 30.3 Å². The van der Waals surface area contributed by atoms with Gasteiger partial charge in [-0.3, -0.25) is 10.2 Å². The Morgan fingerprint density at radius 2 is 2.07 bits per heavy atom. The third-order valence-corrected chi connectivity index (χ3v) is 1.82. The molecular weight excluding hydrogens is 180 g/mol. The Morgan fingerprint density at radius 3 is 2.64 bits per heavy atom. The topological polar surface area (TPSA) is 61.4 Å². The van der Waals surface area contributed by atoms with Crippen LogP contribution in [0.25, 0.3) is 0 Å². The lowest BCUT2D eigenvalue weighted by atomic mass is 10.2. The van der Waals surface area contributed by atoms with Gasteiger partial charge in [-0.25, -0.2) is 5.43 Å². The highest BCUT2D eigenvalue weighted by Gasteiger charge is 2.07. The normalized spacial score (nSPS) is 12.4. The molecule has 1 atom stereocenters. The summed E-state index contributed by atoms with van der Waals surface area (Å²) >= 11 is 0. The van der Waals surface area contributed by atoms with Crippen molar-refractivity contribution in [2.75, 3.05) is 0 Å². The molecule has 3 N–H and O–H groups in total. The lowest BCUT2D eigenvalue weighted by molar-refractivity contribution is -0.139. The number of carboxylic acid groups (broad SMARTS) is 1. The van der Waals surface area contributed by atoms with Gasteiger partial charge in [0.1, 0.15) is 6.04 Å². The maximum atomic E-state index is 10.4. The van der Waals surface area contributed by atoms with Crippen LogP contribution in [-0.4, -0.2) is 17.1 Å². The van der Waals surface area contributed by atoms with Crippen molar-refractivity contribution < 1.29 is 9.90 Å². The molecule has 4 heteroatoms. The van der Waals surface area contributed by atoms with Gasteiger partial charge in [0.15, 0.2) is 0 Å². The molecule has 0 aliphatic carbocycles. The zero-order valence-corrected chi connectivity index (χ0v) is 8.03. The zero-order chi connectivity index (χ0) is 10.4. The minimum atomic E-state index is -0.870. The quantitative estimate of drug-likeness (QED) is 0.605. The third-order valence-electron chi connectivity index (χ3n) is 1.82. The second-order valence-electron chi connectivity index (χ2n) is 3.04. The molecule has 0 radical (unpaired) electrons. The van der Waals surface area contributed by atoms with Gasteiger partial charge in [-0.05, 0) is 12.5 Å². The fourth-order valence-electron chi connectivity index (χ4n) is 0.964. The Morgan fingerprint density at radius 1 is 1.43 bits per heavy atom. The van der Waals surface area contributed by atoms with E-state index in [1.54, 1.807) is 6.92 Å². The number of carbonyl (C=O) groups is 1. The summed E-state index contributed by atoms with van der Waals surface area (Å²) in [6, 6.07) is 9.19. The van der Waals surface area contributed by atoms with E-state index in [0.29, 0.717) is 6.54 Å². The van der Waals surface area contributed by atoms with Crippen LogP contribution in [-0.2, 0) is 11.3 Å². The second-order valence-corrected chi connectivity index (χ2v) is 3.04. The van der Waals surface area contributed by atoms with Crippen molar-refractivity contribution in [1.82, 2.24) is 10.9 Å². The molecule has 1 aromatic rings. The van der Waals surface area contributed by atoms with Crippen LogP contribution in [0.5, 0.6) is 0 Å². The number of hydrazine groups is 1. The molecule has 1 rings (SSSR count). The minimum absolute atomic E-state index is 0.585. The Kier molecular flexibility index (Phi) is 4.10. The maximum Gasteiger partial charge on any atom is 0.321 e. The van der Waals surface area contributed by atoms with E-state index in [4.69, 9.17) is 5.11 Å². The lowest BCUT2D eigenvalue weighted by Gasteiger charge is -2.10. The van der Waals surface area contributed by atoms with Gasteiger partial charge in [0.25, 0.3) is 0 Å². The molecule has 0 saturated carbocycles. The van der Waals surface area contributed by atoms with Gasteiger partial charge in [-0.2, -0.15) is 0 Å². The van der Waals surface area contributed by atoms with Crippen molar-refractivity contribution in [3.05, 3.63) is 35.9 Å². The summed E-state index contributed by atoms with van der Waals surface area (Å²) in [5.74, 6) is -0.870. The highest BCUT2D eigenvalue weighted by molar-refractivity contribution is 5.72. The van der Waals surface area contributed by atoms with Crippen LogP contribution in [0, 0.1) is 0 Å². The molecule has 0 aliphatic rings. The molecule has 14 heavy (non-hydrogen) atoms. The average Bonchev–Trinajstić information content (AvgIpc) is 2.19. The molecule has 76 valence electrons. The van der Waals surface area contributed by atoms with E-state index in [-0.39, 0.29) is 0 Å². The molecule has 0 fully saturated rings. The monoisotopic (exact) mass is 194 g/mol. The van der Waals surface area contributed by atoms with Crippen LogP contribution in [0.2, 0.25) is 0 Å². The Balaban J connectivity index is 2.26. The third kappa shape index (κ3) is 3.55. The van der Waals surface area contributed by atoms with Crippen LogP contribution in [0.15, 0.2) is 30.3 Å². The summed E-state index contributed by atoms with van der Waals surface area (Å²) in [5, 5.41) is 8.58. The SMILES string of the molecule is CC(NNCc1ccccc1)C(=O)O. The van der Waals surface area contributed by atoms with E-state index < -0.39 is 12.0 Å². The molecule has 1 unspecified atom stereocenters. The summed E-state index contributed by atoms with van der Waals surface area (Å²) < 4.78 is 0. The summed E-state index contributed by atoms with van der Waals surface area (Å²) in [5.41, 5.74) is 6.64. The molecule has 0 heterocycles. The molecule has 0 aromatic heterocycles. The molecule has 4 nitrogen and oxygen atoms in total. The van der Waals surface area contributed by atoms with Crippen molar-refractivity contribution in [2.24, 2.45) is 0 Å². The van der Waals surface area contributed by atoms with E-state index in [1.165, 1.54) is 0 Å². The maximum absolute atomic E-state index is 10.4. The number of rotatable bonds is 5. The van der Waals surface area contributed by atoms with Gasteiger partial charge >= 0.3 is 5.97 Å². The molecule has 0 bridgehead atoms. The van der Waals surface area contributed by atoms with E-state index in [2.05, 4.69) is 10.9 Å². The van der Waals surface area contributed by atoms with Gasteiger partial charge in [0.2, 0.25) is 0 Å². The van der Waals surface area contributed by atoms with Gasteiger partial charge in [0, 0.05) is 6.54 Å². The first-order valence-corrected chi connectivity index (χ1v) is 4.45. The lowest BCUT2D eigenvalue weighted by Crippen LogP contribution is -2.43. The van der Waals surface area contributed by atoms with Crippen LogP contribution in [0.1, 0.15) is 12.5 Å². The fraction of sp³-hybridized carbons (Fsp3) is 0.300. The Bertz CT molecular complexity index is 287. The first kappa shape index (κ1) is 10.7. The number of hydrogen-bond acceptors (Lipinski definition) is 3. The number of benzene rings is 1. The second kappa shape index (κ2) is 5.36. The number of nitrogens with one attached hydrogen (secondary N) is 2. The van der Waals surface area contributed by atoms with Crippen molar-refractivity contribution >= 4 is 5.97 Å². The first-order chi connectivity index (χ1) is 6.70. The summed E-state index contributed by atoms with van der Waals surface area (Å²) in [6.45, 7) is 2.19. The number of hydrogen-bond donors (Lipinski definition) is 3. The summed E-state index contributed by atoms with van der Waals surface area (Å²) in [7, 11) is 0. The highest BCUT2D eigenvalue weighted by atomic mass is 16.4. The van der Waals surface area contributed by atoms with Crippen molar-refractivity contribution in [1.29, 1.82) is 0 Å². The van der Waals surface area contributed by atoms with Gasteiger partial charge in [-0.15, -0.1) is 0 Å². The minimum Gasteiger partial charge on any atom is -0.480 e. The highest BCUT2D eigenvalue weighted by Crippen LogP contribution is 1.96. The largest absolute Gasteiger partial charge is 0.480 e. The molecular formula is C10H14N2O2. The average molecular weight is 194 g/mol. The van der Waals surface area contributed by atoms with E-state index in [1.807, 2.05) is 30.3 Å². The smallest absolute Gasteiger partial charge is 0.321 e. The molecule has 1 aromatic carbocycles. The van der Waals surface area contributed by atoms with Crippen LogP contribution in [0.3, 0.4) is 0 Å². The van der Waals surface area contributed by atoms with Crippen molar-refractivity contribution in [2.45, 2.75) is 19.5 Å². The summed E-state index contributed by atoms with van der Waals surface area (Å²) in [6.07, 6.45) is 0. The van der Waals surface area contributed by atoms with Crippen molar-refractivity contribution in [3.63, 3.8) is 0 Å². The van der Waals surface area contributed by atoms with Crippen LogP contribution in [0.4, 0.5) is 0 Å². The number of aliphatic carboxylic acids is 1. The van der Waals surface area contributed by atoms with Crippen LogP contribution < -0.4 is 10.9 Å². The standard InChI is InChI=1S/C10H14N2O2/c1-8(10(13)14)12-11-7-9-5-3-2-4-6-9/h2-6,8,11-12H,7H2,1H3,(H,13,14). The first-order valence-electron chi connectivity index (χ1n) is 4.45. The van der Waals surface area contributed by atoms with E-state index >= 15 is 0 Å². The molecule has 0 aliphatic heterocycles. The molecule has 0 amide bonds. The zero-order valence-electron chi connectivity index (χ0n) is 8.03. The van der Waals surface area contributed by atoms with Crippen molar-refractivity contribution in [3.8, 4) is 0 Å². The molecule has 0 spiro atoms. The fourth-order valence-corrected chi connectivity index (χ4v) is 0.964. The van der Waals surface area contributed by atoms with Crippen LogP contribution >= 0.6 is 0 Å². The predicted molar refractivity (Wildman–Crippen MR) is 53.5 cm³/mol. The Labute approximate surface area is 82.9 Å². The number of carboxylic acids is 1.